The minimum Gasteiger partial charge on any atom is -0.404 e. The van der Waals surface area contributed by atoms with Crippen LogP contribution in [0.2, 0.25) is 0 Å². The van der Waals surface area contributed by atoms with Crippen molar-refractivity contribution in [1.82, 2.24) is 4.57 Å². The number of carbonyl (C=O) groups is 1. The maximum absolute atomic E-state index is 11.9. The first-order valence-corrected chi connectivity index (χ1v) is 9.24. The Balaban J connectivity index is 1.94. The van der Waals surface area contributed by atoms with Gasteiger partial charge in [0.2, 0.25) is 5.91 Å². The third-order valence-corrected chi connectivity index (χ3v) is 5.08. The van der Waals surface area contributed by atoms with Crippen LogP contribution in [0.4, 0.5) is 11.4 Å². The predicted molar refractivity (Wildman–Crippen MR) is 117 cm³/mol. The second-order valence-electron chi connectivity index (χ2n) is 6.79. The zero-order valence-electron chi connectivity index (χ0n) is 16.0. The van der Waals surface area contributed by atoms with Crippen LogP contribution in [-0.2, 0) is 11.8 Å². The van der Waals surface area contributed by atoms with E-state index in [0.717, 1.165) is 44.7 Å². The molecule has 0 unspecified atom stereocenters. The molecule has 4 N–H and O–H groups in total. The molecule has 0 saturated carbocycles. The number of nitrogens with one attached hydrogen (secondary N) is 2. The monoisotopic (exact) mass is 373 g/mol. The average Bonchev–Trinajstić information content (AvgIpc) is 2.91. The van der Waals surface area contributed by atoms with Crippen LogP contribution in [0.5, 0.6) is 0 Å². The van der Waals surface area contributed by atoms with E-state index in [2.05, 4.69) is 44.5 Å². The topological polar surface area (TPSA) is 84.4 Å². The number of hydrogen-bond donors (Lipinski definition) is 3. The first-order chi connectivity index (χ1) is 13.6. The average molecular weight is 373 g/mol. The minimum atomic E-state index is 0.0271. The van der Waals surface area contributed by atoms with Gasteiger partial charge in [-0.05, 0) is 12.1 Å². The van der Waals surface area contributed by atoms with Gasteiger partial charge in [0.05, 0.1) is 22.6 Å². The van der Waals surface area contributed by atoms with E-state index in [4.69, 9.17) is 5.73 Å². The number of nitrogens with zero attached hydrogens (tertiary/aromatic N) is 2. The van der Waals surface area contributed by atoms with Crippen LogP contribution in [0, 0.1) is 0 Å². The molecule has 1 aliphatic heterocycles. The molecule has 1 aliphatic rings. The van der Waals surface area contributed by atoms with Gasteiger partial charge in [-0.3, -0.25) is 9.79 Å². The summed E-state index contributed by atoms with van der Waals surface area (Å²) in [5.41, 5.74) is 12.7. The van der Waals surface area contributed by atoms with Crippen molar-refractivity contribution in [2.45, 2.75) is 6.42 Å². The number of fused-ring (bicyclic) bond motifs is 2. The van der Waals surface area contributed by atoms with Crippen molar-refractivity contribution >= 4 is 40.0 Å². The van der Waals surface area contributed by atoms with Crippen molar-refractivity contribution in [1.29, 1.82) is 0 Å². The molecular weight excluding hydrogens is 350 g/mol. The van der Waals surface area contributed by atoms with E-state index < -0.39 is 0 Å². The number of aryl methyl sites for hydroxylation is 1. The van der Waals surface area contributed by atoms with E-state index in [1.807, 2.05) is 25.2 Å². The number of para-hydroxylation sites is 2. The zero-order valence-corrected chi connectivity index (χ0v) is 16.0. The number of allylic oxidation sites excluding steroid dienone is 1. The lowest BCUT2D eigenvalue weighted by Gasteiger charge is -2.15. The molecule has 0 fully saturated rings. The molecule has 0 bridgehead atoms. The summed E-state index contributed by atoms with van der Waals surface area (Å²) in [6.07, 6.45) is 3.81. The van der Waals surface area contributed by atoms with Crippen LogP contribution >= 0.6 is 0 Å². The first kappa shape index (κ1) is 17.9. The number of nitrogens with two attached hydrogens (primary N) is 1. The van der Waals surface area contributed by atoms with Gasteiger partial charge in [-0.2, -0.15) is 0 Å². The van der Waals surface area contributed by atoms with Crippen molar-refractivity contribution in [3.63, 3.8) is 0 Å². The molecule has 6 heteroatoms. The molecule has 0 aliphatic carbocycles. The molecule has 0 atom stereocenters. The van der Waals surface area contributed by atoms with Crippen molar-refractivity contribution in [2.75, 3.05) is 24.2 Å². The fourth-order valence-corrected chi connectivity index (χ4v) is 3.82. The molecule has 28 heavy (non-hydrogen) atoms. The molecule has 2 heterocycles. The summed E-state index contributed by atoms with van der Waals surface area (Å²) >= 11 is 0. The highest BCUT2D eigenvalue weighted by molar-refractivity contribution is 6.14. The number of rotatable bonds is 3. The van der Waals surface area contributed by atoms with Gasteiger partial charge in [0, 0.05) is 61.6 Å². The Morgan fingerprint density at radius 3 is 2.86 bits per heavy atom. The lowest BCUT2D eigenvalue weighted by atomic mass is 10.0. The lowest BCUT2D eigenvalue weighted by Crippen LogP contribution is -2.10. The summed E-state index contributed by atoms with van der Waals surface area (Å²) < 4.78 is 2.17. The van der Waals surface area contributed by atoms with Gasteiger partial charge in [0.25, 0.3) is 0 Å². The molecule has 6 nitrogen and oxygen atoms in total. The van der Waals surface area contributed by atoms with Crippen molar-refractivity contribution in [3.8, 4) is 11.3 Å². The predicted octanol–water partition coefficient (Wildman–Crippen LogP) is 3.60. The quantitative estimate of drug-likeness (QED) is 0.613. The maximum Gasteiger partial charge on any atom is 0.226 e. The Hall–Kier alpha value is -3.54. The normalized spacial score (nSPS) is 14.6. The number of aromatic nitrogens is 1. The lowest BCUT2D eigenvalue weighted by molar-refractivity contribution is -0.115. The second-order valence-corrected chi connectivity index (χ2v) is 6.79. The standard InChI is InChI=1S/C22H23N5O/c1-24-13-15(12-23)16-6-3-5-14-11-19(27(2)22(14)16)17-7-4-8-18-21(17)25-10-9-20(28)26-18/h3-8,11-13,25H,9-10,23H2,1-2H3,(H,26,28). The van der Waals surface area contributed by atoms with Crippen LogP contribution in [0.1, 0.15) is 12.0 Å². The fraction of sp³-hybridized carbons (Fsp3) is 0.182. The van der Waals surface area contributed by atoms with Crippen LogP contribution < -0.4 is 16.4 Å². The summed E-state index contributed by atoms with van der Waals surface area (Å²) in [5.74, 6) is 0.0271. The first-order valence-electron chi connectivity index (χ1n) is 9.24. The third kappa shape index (κ3) is 2.93. The fourth-order valence-electron chi connectivity index (χ4n) is 3.82. The van der Waals surface area contributed by atoms with Gasteiger partial charge in [0.1, 0.15) is 0 Å². The number of aliphatic imine (C=N–C) groups is 1. The van der Waals surface area contributed by atoms with Crippen molar-refractivity contribution in [2.24, 2.45) is 17.8 Å². The summed E-state index contributed by atoms with van der Waals surface area (Å²) in [7, 11) is 3.78. The van der Waals surface area contributed by atoms with Gasteiger partial charge >= 0.3 is 0 Å². The van der Waals surface area contributed by atoms with Crippen molar-refractivity contribution < 1.29 is 4.79 Å². The number of hydrogen-bond acceptors (Lipinski definition) is 4. The number of benzene rings is 2. The van der Waals surface area contributed by atoms with Crippen LogP contribution in [-0.4, -0.2) is 30.3 Å². The molecule has 0 radical (unpaired) electrons. The van der Waals surface area contributed by atoms with E-state index in [-0.39, 0.29) is 5.91 Å². The van der Waals surface area contributed by atoms with Gasteiger partial charge in [-0.1, -0.05) is 30.3 Å². The number of amides is 1. The van der Waals surface area contributed by atoms with Crippen molar-refractivity contribution in [3.05, 3.63) is 54.2 Å². The highest BCUT2D eigenvalue weighted by Crippen LogP contribution is 2.39. The summed E-state index contributed by atoms with van der Waals surface area (Å²) in [4.78, 5) is 16.1. The molecule has 0 saturated heterocycles. The zero-order chi connectivity index (χ0) is 19.7. The third-order valence-electron chi connectivity index (χ3n) is 5.08. The number of carbonyl (C=O) groups excluding carboxylic acids is 1. The molecule has 2 aromatic carbocycles. The van der Waals surface area contributed by atoms with Gasteiger partial charge in [-0.15, -0.1) is 0 Å². The molecule has 0 spiro atoms. The molecule has 142 valence electrons. The Morgan fingerprint density at radius 2 is 2.07 bits per heavy atom. The summed E-state index contributed by atoms with van der Waals surface area (Å²) in [6.45, 7) is 0.609. The largest absolute Gasteiger partial charge is 0.404 e. The maximum atomic E-state index is 11.9. The second kappa shape index (κ2) is 7.23. The molecule has 3 aromatic rings. The molecular formula is C22H23N5O. The van der Waals surface area contributed by atoms with E-state index in [9.17, 15) is 4.79 Å². The summed E-state index contributed by atoms with van der Waals surface area (Å²) in [6, 6.07) is 14.3. The Morgan fingerprint density at radius 1 is 1.25 bits per heavy atom. The van der Waals surface area contributed by atoms with Crippen LogP contribution in [0.3, 0.4) is 0 Å². The van der Waals surface area contributed by atoms with E-state index >= 15 is 0 Å². The smallest absolute Gasteiger partial charge is 0.226 e. The highest BCUT2D eigenvalue weighted by Gasteiger charge is 2.19. The molecule has 1 amide bonds. The molecule has 4 rings (SSSR count). The van der Waals surface area contributed by atoms with Gasteiger partial charge in [0.15, 0.2) is 0 Å². The van der Waals surface area contributed by atoms with E-state index in [1.54, 1.807) is 19.5 Å². The van der Waals surface area contributed by atoms with Crippen LogP contribution in [0.15, 0.2) is 53.7 Å². The van der Waals surface area contributed by atoms with Gasteiger partial charge in [-0.25, -0.2) is 0 Å². The minimum absolute atomic E-state index is 0.0271. The molecule has 1 aromatic heterocycles. The SMILES string of the molecule is CN=CC(=CN)c1cccc2cc(-c3cccc4c3NCCC(=O)N4)n(C)c12. The number of anilines is 2. The Labute approximate surface area is 163 Å². The Kier molecular flexibility index (Phi) is 4.61. The highest BCUT2D eigenvalue weighted by atomic mass is 16.1. The van der Waals surface area contributed by atoms with E-state index in [1.165, 1.54) is 0 Å². The van der Waals surface area contributed by atoms with E-state index in [0.29, 0.717) is 13.0 Å². The van der Waals surface area contributed by atoms with Gasteiger partial charge < -0.3 is 20.9 Å². The van der Waals surface area contributed by atoms with Crippen LogP contribution in [0.25, 0.3) is 27.7 Å². The Bertz CT molecular complexity index is 1120. The summed E-state index contributed by atoms with van der Waals surface area (Å²) in [5, 5.41) is 7.52.